The standard InChI is InChI=1S/C15H22N2O/c1-11-12(2)15(18-5)9-8-13(11)14(17(3)4)7-6-10-16/h8-9,14H,6-7H2,1-5H3. The van der Waals surface area contributed by atoms with E-state index in [0.29, 0.717) is 6.42 Å². The number of hydrogen-bond donors (Lipinski definition) is 0. The monoisotopic (exact) mass is 246 g/mol. The molecule has 0 N–H and O–H groups in total. The van der Waals surface area contributed by atoms with Crippen LogP contribution in [0.2, 0.25) is 0 Å². The molecule has 1 atom stereocenters. The minimum Gasteiger partial charge on any atom is -0.496 e. The lowest BCUT2D eigenvalue weighted by Gasteiger charge is -2.26. The highest BCUT2D eigenvalue weighted by atomic mass is 16.5. The number of nitrogens with zero attached hydrogens (tertiary/aromatic N) is 2. The van der Waals surface area contributed by atoms with Gasteiger partial charge in [-0.2, -0.15) is 5.26 Å². The topological polar surface area (TPSA) is 36.3 Å². The van der Waals surface area contributed by atoms with E-state index >= 15 is 0 Å². The quantitative estimate of drug-likeness (QED) is 0.800. The van der Waals surface area contributed by atoms with Gasteiger partial charge in [-0.05, 0) is 57.1 Å². The molecule has 3 heteroatoms. The lowest BCUT2D eigenvalue weighted by molar-refractivity contribution is 0.284. The zero-order valence-corrected chi connectivity index (χ0v) is 11.9. The van der Waals surface area contributed by atoms with Crippen LogP contribution in [0.15, 0.2) is 12.1 Å². The first-order valence-electron chi connectivity index (χ1n) is 6.20. The smallest absolute Gasteiger partial charge is 0.122 e. The summed E-state index contributed by atoms with van der Waals surface area (Å²) in [5.74, 6) is 0.925. The Bertz CT molecular complexity index is 447. The Labute approximate surface area is 110 Å². The summed E-state index contributed by atoms with van der Waals surface area (Å²) in [6, 6.07) is 6.64. The zero-order chi connectivity index (χ0) is 13.7. The van der Waals surface area contributed by atoms with Crippen LogP contribution in [0.1, 0.15) is 35.6 Å². The van der Waals surface area contributed by atoms with Crippen molar-refractivity contribution in [1.29, 1.82) is 5.26 Å². The lowest BCUT2D eigenvalue weighted by atomic mass is 9.93. The molecule has 0 saturated heterocycles. The van der Waals surface area contributed by atoms with Crippen LogP contribution in [0.3, 0.4) is 0 Å². The van der Waals surface area contributed by atoms with Gasteiger partial charge >= 0.3 is 0 Å². The van der Waals surface area contributed by atoms with Gasteiger partial charge in [-0.15, -0.1) is 0 Å². The molecule has 18 heavy (non-hydrogen) atoms. The molecule has 0 aromatic heterocycles. The number of methoxy groups -OCH3 is 1. The molecule has 0 heterocycles. The summed E-state index contributed by atoms with van der Waals surface area (Å²) >= 11 is 0. The highest BCUT2D eigenvalue weighted by Gasteiger charge is 2.18. The Kier molecular flexibility index (Phi) is 5.18. The van der Waals surface area contributed by atoms with Gasteiger partial charge in [-0.3, -0.25) is 0 Å². The van der Waals surface area contributed by atoms with E-state index in [-0.39, 0.29) is 6.04 Å². The fourth-order valence-electron chi connectivity index (χ4n) is 2.29. The van der Waals surface area contributed by atoms with Gasteiger partial charge in [-0.25, -0.2) is 0 Å². The zero-order valence-electron chi connectivity index (χ0n) is 11.9. The molecule has 0 aliphatic carbocycles. The van der Waals surface area contributed by atoms with Crippen LogP contribution in [0.5, 0.6) is 5.75 Å². The molecule has 0 fully saturated rings. The minimum absolute atomic E-state index is 0.286. The van der Waals surface area contributed by atoms with E-state index in [2.05, 4.69) is 45.0 Å². The maximum atomic E-state index is 8.76. The molecule has 1 aromatic carbocycles. The maximum Gasteiger partial charge on any atom is 0.122 e. The van der Waals surface area contributed by atoms with Crippen LogP contribution in [-0.4, -0.2) is 26.1 Å². The van der Waals surface area contributed by atoms with Gasteiger partial charge in [0.05, 0.1) is 13.2 Å². The fraction of sp³-hybridized carbons (Fsp3) is 0.533. The summed E-state index contributed by atoms with van der Waals surface area (Å²) in [6.45, 7) is 4.20. The van der Waals surface area contributed by atoms with Crippen molar-refractivity contribution in [2.45, 2.75) is 32.7 Å². The maximum absolute atomic E-state index is 8.76. The minimum atomic E-state index is 0.286. The number of hydrogen-bond acceptors (Lipinski definition) is 3. The van der Waals surface area contributed by atoms with Crippen LogP contribution in [0.25, 0.3) is 0 Å². The molecule has 1 rings (SSSR count). The van der Waals surface area contributed by atoms with E-state index in [1.54, 1.807) is 7.11 Å². The molecule has 0 aliphatic rings. The highest BCUT2D eigenvalue weighted by Crippen LogP contribution is 2.31. The number of nitriles is 1. The first-order chi connectivity index (χ1) is 8.52. The SMILES string of the molecule is COc1ccc(C(CCC#N)N(C)C)c(C)c1C. The van der Waals surface area contributed by atoms with Gasteiger partial charge in [0.1, 0.15) is 5.75 Å². The second kappa shape index (κ2) is 6.42. The molecule has 0 aliphatic heterocycles. The Morgan fingerprint density at radius 1 is 1.28 bits per heavy atom. The Morgan fingerprint density at radius 3 is 2.44 bits per heavy atom. The average Bonchev–Trinajstić information content (AvgIpc) is 2.34. The molecule has 0 amide bonds. The summed E-state index contributed by atoms with van der Waals surface area (Å²) in [4.78, 5) is 2.17. The van der Waals surface area contributed by atoms with Gasteiger partial charge in [0, 0.05) is 12.5 Å². The van der Waals surface area contributed by atoms with E-state index < -0.39 is 0 Å². The van der Waals surface area contributed by atoms with Crippen molar-refractivity contribution in [2.75, 3.05) is 21.2 Å². The fourth-order valence-corrected chi connectivity index (χ4v) is 2.29. The first kappa shape index (κ1) is 14.5. The van der Waals surface area contributed by atoms with Crippen LogP contribution in [0.4, 0.5) is 0 Å². The predicted octanol–water partition coefficient (Wildman–Crippen LogP) is 3.22. The van der Waals surface area contributed by atoms with Gasteiger partial charge in [-0.1, -0.05) is 6.07 Å². The van der Waals surface area contributed by atoms with Crippen LogP contribution in [-0.2, 0) is 0 Å². The van der Waals surface area contributed by atoms with Gasteiger partial charge in [0.15, 0.2) is 0 Å². The van der Waals surface area contributed by atoms with Crippen molar-refractivity contribution in [3.8, 4) is 11.8 Å². The molecule has 1 aromatic rings. The Hall–Kier alpha value is -1.53. The third kappa shape index (κ3) is 3.02. The van der Waals surface area contributed by atoms with E-state index in [4.69, 9.17) is 10.00 Å². The molecule has 1 unspecified atom stereocenters. The normalized spacial score (nSPS) is 12.3. The summed E-state index contributed by atoms with van der Waals surface area (Å²) in [5.41, 5.74) is 3.72. The largest absolute Gasteiger partial charge is 0.496 e. The molecule has 0 radical (unpaired) electrons. The predicted molar refractivity (Wildman–Crippen MR) is 73.7 cm³/mol. The lowest BCUT2D eigenvalue weighted by Crippen LogP contribution is -2.21. The van der Waals surface area contributed by atoms with E-state index in [0.717, 1.165) is 12.2 Å². The number of ether oxygens (including phenoxy) is 1. The van der Waals surface area contributed by atoms with Crippen LogP contribution in [0, 0.1) is 25.2 Å². The van der Waals surface area contributed by atoms with Crippen molar-refractivity contribution in [3.63, 3.8) is 0 Å². The summed E-state index contributed by atoms with van der Waals surface area (Å²) < 4.78 is 5.34. The Balaban J connectivity index is 3.13. The third-order valence-electron chi connectivity index (χ3n) is 3.51. The van der Waals surface area contributed by atoms with Gasteiger partial charge in [0.2, 0.25) is 0 Å². The molecule has 98 valence electrons. The van der Waals surface area contributed by atoms with Crippen molar-refractivity contribution in [1.82, 2.24) is 4.90 Å². The van der Waals surface area contributed by atoms with Crippen molar-refractivity contribution in [3.05, 3.63) is 28.8 Å². The molecular formula is C15H22N2O. The molecule has 3 nitrogen and oxygen atoms in total. The van der Waals surface area contributed by atoms with E-state index in [9.17, 15) is 0 Å². The molecular weight excluding hydrogens is 224 g/mol. The first-order valence-corrected chi connectivity index (χ1v) is 6.20. The summed E-state index contributed by atoms with van der Waals surface area (Å²) in [5, 5.41) is 8.76. The van der Waals surface area contributed by atoms with Crippen molar-refractivity contribution >= 4 is 0 Å². The van der Waals surface area contributed by atoms with Crippen LogP contribution < -0.4 is 4.74 Å². The third-order valence-corrected chi connectivity index (χ3v) is 3.51. The van der Waals surface area contributed by atoms with Crippen molar-refractivity contribution < 1.29 is 4.74 Å². The van der Waals surface area contributed by atoms with E-state index in [1.165, 1.54) is 16.7 Å². The van der Waals surface area contributed by atoms with Crippen LogP contribution >= 0.6 is 0 Å². The Morgan fingerprint density at radius 2 is 1.94 bits per heavy atom. The summed E-state index contributed by atoms with van der Waals surface area (Å²) in [6.07, 6.45) is 1.43. The molecule has 0 bridgehead atoms. The van der Waals surface area contributed by atoms with Crippen molar-refractivity contribution in [2.24, 2.45) is 0 Å². The number of benzene rings is 1. The van der Waals surface area contributed by atoms with Gasteiger partial charge in [0.25, 0.3) is 0 Å². The molecule has 0 spiro atoms. The highest BCUT2D eigenvalue weighted by molar-refractivity contribution is 5.44. The van der Waals surface area contributed by atoms with Gasteiger partial charge < -0.3 is 9.64 Å². The van der Waals surface area contributed by atoms with E-state index in [1.807, 2.05) is 6.07 Å². The molecule has 0 saturated carbocycles. The second-order valence-electron chi connectivity index (χ2n) is 4.78. The number of rotatable bonds is 5. The average molecular weight is 246 g/mol. The second-order valence-corrected chi connectivity index (χ2v) is 4.78. The summed E-state index contributed by atoms with van der Waals surface area (Å²) in [7, 11) is 5.81.